The monoisotopic (exact) mass is 658 g/mol. The second kappa shape index (κ2) is 16.3. The average molecular weight is 659 g/mol. The van der Waals surface area contributed by atoms with Crippen LogP contribution in [0.1, 0.15) is 92.1 Å². The van der Waals surface area contributed by atoms with Crippen LogP contribution in [-0.2, 0) is 30.5 Å². The Balaban J connectivity index is 1.43. The van der Waals surface area contributed by atoms with Gasteiger partial charge in [-0.15, -0.1) is 0 Å². The average Bonchev–Trinajstić information content (AvgIpc) is 3.73. The van der Waals surface area contributed by atoms with Crippen molar-refractivity contribution in [1.29, 1.82) is 0 Å². The Hall–Kier alpha value is -3.84. The summed E-state index contributed by atoms with van der Waals surface area (Å²) in [6.45, 7) is 11.4. The van der Waals surface area contributed by atoms with Gasteiger partial charge >= 0.3 is 6.16 Å². The predicted molar refractivity (Wildman–Crippen MR) is 178 cm³/mol. The van der Waals surface area contributed by atoms with Gasteiger partial charge in [0.2, 0.25) is 17.7 Å². The third kappa shape index (κ3) is 12.0. The van der Waals surface area contributed by atoms with Crippen molar-refractivity contribution in [2.45, 2.75) is 110 Å². The number of anilines is 1. The highest BCUT2D eigenvalue weighted by molar-refractivity contribution is 5.96. The number of carbonyl (C=O) groups excluding carboxylic acids is 3. The maximum atomic E-state index is 13.0. The first kappa shape index (κ1) is 37.6. The van der Waals surface area contributed by atoms with E-state index in [4.69, 9.17) is 21.4 Å². The Morgan fingerprint density at radius 2 is 1.66 bits per heavy atom. The number of fused-ring (bicyclic) bond motifs is 1. The molecule has 13 heteroatoms. The zero-order valence-corrected chi connectivity index (χ0v) is 28.7. The van der Waals surface area contributed by atoms with E-state index < -0.39 is 35.2 Å². The van der Waals surface area contributed by atoms with Crippen LogP contribution in [0.25, 0.3) is 0 Å². The number of amides is 3. The first-order chi connectivity index (χ1) is 22.0. The Kier molecular flexibility index (Phi) is 13.1. The van der Waals surface area contributed by atoms with Gasteiger partial charge in [-0.25, -0.2) is 10.6 Å². The fourth-order valence-electron chi connectivity index (χ4n) is 5.83. The molecule has 3 atom stereocenters. The number of hydrazine groups is 1. The SMILES string of the molecule is CC(C)C(NC(=O)CC(C)(C)OCCC(C)(C)N(N)/C1=C(\N)CCC2CC2CC1)C(=O)NCC(=O)Nc1ccc(COC(=O)O)cc1. The van der Waals surface area contributed by atoms with Crippen LogP contribution >= 0.6 is 0 Å². The summed E-state index contributed by atoms with van der Waals surface area (Å²) in [7, 11) is 0. The summed E-state index contributed by atoms with van der Waals surface area (Å²) in [4.78, 5) is 48.9. The fourth-order valence-corrected chi connectivity index (χ4v) is 5.83. The molecule has 0 aromatic heterocycles. The maximum Gasteiger partial charge on any atom is 0.506 e. The fraction of sp³-hybridized carbons (Fsp3) is 0.647. The molecule has 0 radical (unpaired) electrons. The highest BCUT2D eigenvalue weighted by atomic mass is 16.7. The van der Waals surface area contributed by atoms with E-state index in [-0.39, 0.29) is 31.4 Å². The van der Waals surface area contributed by atoms with Crippen LogP contribution in [0.5, 0.6) is 0 Å². The summed E-state index contributed by atoms with van der Waals surface area (Å²) in [5, 5.41) is 18.5. The topological polar surface area (TPSA) is 198 Å². The van der Waals surface area contributed by atoms with Gasteiger partial charge < -0.3 is 41.3 Å². The molecule has 0 aliphatic heterocycles. The molecule has 3 unspecified atom stereocenters. The number of allylic oxidation sites excluding steroid dienone is 2. The van der Waals surface area contributed by atoms with Gasteiger partial charge in [-0.05, 0) is 102 Å². The highest BCUT2D eigenvalue weighted by Gasteiger charge is 2.39. The largest absolute Gasteiger partial charge is 0.506 e. The number of nitrogens with zero attached hydrogens (tertiary/aromatic N) is 1. The van der Waals surface area contributed by atoms with Crippen LogP contribution in [0.3, 0.4) is 0 Å². The lowest BCUT2D eigenvalue weighted by atomic mass is 9.95. The summed E-state index contributed by atoms with van der Waals surface area (Å²) >= 11 is 0. The molecule has 0 bridgehead atoms. The van der Waals surface area contributed by atoms with Gasteiger partial charge in [0.15, 0.2) is 0 Å². The van der Waals surface area contributed by atoms with Crippen molar-refractivity contribution in [2.75, 3.05) is 18.5 Å². The minimum atomic E-state index is -1.37. The van der Waals surface area contributed by atoms with Gasteiger partial charge in [0.1, 0.15) is 12.6 Å². The van der Waals surface area contributed by atoms with Crippen molar-refractivity contribution < 1.29 is 33.8 Å². The van der Waals surface area contributed by atoms with Gasteiger partial charge in [-0.3, -0.25) is 14.4 Å². The first-order valence-electron chi connectivity index (χ1n) is 16.5. The van der Waals surface area contributed by atoms with E-state index in [0.717, 1.165) is 48.9 Å². The van der Waals surface area contributed by atoms with E-state index in [2.05, 4.69) is 34.5 Å². The summed E-state index contributed by atoms with van der Waals surface area (Å²) in [5.74, 6) is 6.75. The molecular formula is C34H54N6O7. The molecule has 47 heavy (non-hydrogen) atoms. The van der Waals surface area contributed by atoms with Crippen LogP contribution in [0.15, 0.2) is 35.7 Å². The molecular weight excluding hydrogens is 604 g/mol. The van der Waals surface area contributed by atoms with Crippen molar-refractivity contribution in [2.24, 2.45) is 29.3 Å². The molecule has 3 amide bonds. The van der Waals surface area contributed by atoms with Crippen molar-refractivity contribution in [1.82, 2.24) is 15.6 Å². The van der Waals surface area contributed by atoms with E-state index in [1.54, 1.807) is 24.3 Å². The molecule has 1 fully saturated rings. The lowest BCUT2D eigenvalue weighted by molar-refractivity contribution is -0.134. The standard InChI is InChI=1S/C34H54N6O7/c1-21(2)30(31(43)37-19-29(42)38-25-11-7-22(8-12-25)20-46-32(44)45)39-28(41)18-34(5,6)47-16-15-33(3,4)40(36)27-14-10-24-17-23(24)9-13-26(27)35/h7-8,11-12,21,23-24,30H,9-10,13-20,35-36H2,1-6H3,(H,37,43)(H,38,42)(H,39,41)(H,44,45)/b27-26-. The van der Waals surface area contributed by atoms with Gasteiger partial charge in [-0.2, -0.15) is 0 Å². The summed E-state index contributed by atoms with van der Waals surface area (Å²) < 4.78 is 10.7. The Labute approximate surface area is 278 Å². The highest BCUT2D eigenvalue weighted by Crippen LogP contribution is 2.48. The first-order valence-corrected chi connectivity index (χ1v) is 16.5. The predicted octanol–water partition coefficient (Wildman–Crippen LogP) is 3.99. The third-order valence-corrected chi connectivity index (χ3v) is 9.00. The smallest absolute Gasteiger partial charge is 0.450 e. The van der Waals surface area contributed by atoms with E-state index in [0.29, 0.717) is 24.3 Å². The van der Waals surface area contributed by atoms with Crippen LogP contribution in [0, 0.1) is 17.8 Å². The molecule has 262 valence electrons. The van der Waals surface area contributed by atoms with Crippen molar-refractivity contribution in [3.8, 4) is 0 Å². The Morgan fingerprint density at radius 3 is 2.28 bits per heavy atom. The van der Waals surface area contributed by atoms with E-state index in [1.165, 1.54) is 6.42 Å². The number of hydrogen-bond acceptors (Lipinski definition) is 9. The minimum absolute atomic E-state index is 0.0326. The molecule has 1 saturated carbocycles. The molecule has 0 saturated heterocycles. The lowest BCUT2D eigenvalue weighted by Gasteiger charge is -2.40. The molecule has 0 heterocycles. The van der Waals surface area contributed by atoms with Crippen molar-refractivity contribution in [3.05, 3.63) is 41.2 Å². The number of carboxylic acid groups (broad SMARTS) is 1. The number of hydrogen-bond donors (Lipinski definition) is 6. The molecule has 1 aromatic carbocycles. The van der Waals surface area contributed by atoms with E-state index in [1.807, 2.05) is 32.7 Å². The summed E-state index contributed by atoms with van der Waals surface area (Å²) in [6.07, 6.45) is 4.61. The van der Waals surface area contributed by atoms with Gasteiger partial charge in [0.05, 0.1) is 24.1 Å². The summed E-state index contributed by atoms with van der Waals surface area (Å²) in [6, 6.07) is 5.59. The molecule has 2 aliphatic carbocycles. The zero-order chi connectivity index (χ0) is 34.9. The van der Waals surface area contributed by atoms with E-state index in [9.17, 15) is 19.2 Å². The van der Waals surface area contributed by atoms with E-state index >= 15 is 0 Å². The number of benzene rings is 1. The molecule has 2 aliphatic rings. The molecule has 8 N–H and O–H groups in total. The van der Waals surface area contributed by atoms with Gasteiger partial charge in [0.25, 0.3) is 0 Å². The molecule has 0 spiro atoms. The maximum absolute atomic E-state index is 13.0. The van der Waals surface area contributed by atoms with Crippen LogP contribution < -0.4 is 27.5 Å². The minimum Gasteiger partial charge on any atom is -0.450 e. The Morgan fingerprint density at radius 1 is 1.02 bits per heavy atom. The van der Waals surface area contributed by atoms with Gasteiger partial charge in [-0.1, -0.05) is 26.0 Å². The lowest BCUT2D eigenvalue weighted by Crippen LogP contribution is -2.52. The molecule has 13 nitrogen and oxygen atoms in total. The number of nitrogens with two attached hydrogens (primary N) is 2. The second-order valence-corrected chi connectivity index (χ2v) is 14.3. The normalized spacial score (nSPS) is 20.3. The quantitative estimate of drug-likeness (QED) is 0.0858. The third-order valence-electron chi connectivity index (χ3n) is 9.00. The number of nitrogens with one attached hydrogen (secondary N) is 3. The summed E-state index contributed by atoms with van der Waals surface area (Å²) in [5.41, 5.74) is 8.25. The second-order valence-electron chi connectivity index (χ2n) is 14.3. The number of carbonyl (C=O) groups is 4. The number of rotatable bonds is 16. The van der Waals surface area contributed by atoms with Crippen LogP contribution in [-0.4, -0.2) is 64.3 Å². The Bertz CT molecular complexity index is 1290. The van der Waals surface area contributed by atoms with Gasteiger partial charge in [0, 0.05) is 23.7 Å². The van der Waals surface area contributed by atoms with Crippen LogP contribution in [0.4, 0.5) is 10.5 Å². The van der Waals surface area contributed by atoms with Crippen molar-refractivity contribution >= 4 is 29.6 Å². The molecule has 3 rings (SSSR count). The molecule has 1 aromatic rings. The number of ether oxygens (including phenoxy) is 2. The van der Waals surface area contributed by atoms with Crippen molar-refractivity contribution in [3.63, 3.8) is 0 Å². The van der Waals surface area contributed by atoms with Crippen LogP contribution in [0.2, 0.25) is 0 Å². The zero-order valence-electron chi connectivity index (χ0n) is 28.7.